The predicted molar refractivity (Wildman–Crippen MR) is 72.8 cm³/mol. The van der Waals surface area contributed by atoms with Gasteiger partial charge in [-0.25, -0.2) is 4.99 Å². The zero-order chi connectivity index (χ0) is 12.6. The third kappa shape index (κ3) is 4.59. The van der Waals surface area contributed by atoms with Crippen LogP contribution < -0.4 is 17.0 Å². The van der Waals surface area contributed by atoms with E-state index in [4.69, 9.17) is 4.99 Å². The molecular formula is C13H30BrN3. The van der Waals surface area contributed by atoms with Crippen molar-refractivity contribution in [2.75, 3.05) is 39.3 Å². The number of hydrogen-bond donors (Lipinski definition) is 0. The Morgan fingerprint density at radius 1 is 0.882 bits per heavy atom. The lowest BCUT2D eigenvalue weighted by Crippen LogP contribution is -3.00. The van der Waals surface area contributed by atoms with Crippen LogP contribution in [-0.4, -0.2) is 54.6 Å². The largest absolute Gasteiger partial charge is 1.00 e. The Morgan fingerprint density at radius 3 is 1.53 bits per heavy atom. The van der Waals surface area contributed by atoms with Gasteiger partial charge in [0, 0.05) is 19.6 Å². The Hall–Kier alpha value is -0.0900. The molecule has 104 valence electrons. The molecule has 0 aliphatic carbocycles. The van der Waals surface area contributed by atoms with Crippen LogP contribution in [-0.2, 0) is 0 Å². The van der Waals surface area contributed by atoms with E-state index in [1.54, 1.807) is 0 Å². The van der Waals surface area contributed by atoms with Crippen LogP contribution in [0.5, 0.6) is 0 Å². The zero-order valence-corrected chi connectivity index (χ0v) is 14.0. The summed E-state index contributed by atoms with van der Waals surface area (Å²) in [5, 5.41) is 0. The van der Waals surface area contributed by atoms with Crippen LogP contribution in [0.4, 0.5) is 0 Å². The average molecular weight is 308 g/mol. The van der Waals surface area contributed by atoms with Gasteiger partial charge in [-0.3, -0.25) is 4.48 Å². The minimum atomic E-state index is 0. The van der Waals surface area contributed by atoms with Crippen LogP contribution in [0, 0.1) is 0 Å². The van der Waals surface area contributed by atoms with Crippen molar-refractivity contribution in [3.05, 3.63) is 0 Å². The molecule has 0 atom stereocenters. The molecule has 0 spiro atoms. The molecule has 17 heavy (non-hydrogen) atoms. The molecule has 0 N–H and O–H groups in total. The van der Waals surface area contributed by atoms with E-state index in [9.17, 15) is 0 Å². The van der Waals surface area contributed by atoms with Gasteiger partial charge in [0.15, 0.2) is 0 Å². The molecule has 0 aromatic heterocycles. The molecule has 0 saturated heterocycles. The molecule has 0 aliphatic rings. The summed E-state index contributed by atoms with van der Waals surface area (Å²) in [6.07, 6.45) is 0. The quantitative estimate of drug-likeness (QED) is 0.370. The number of halogens is 1. The zero-order valence-electron chi connectivity index (χ0n) is 12.5. The summed E-state index contributed by atoms with van der Waals surface area (Å²) < 4.78 is 1.01. The van der Waals surface area contributed by atoms with Gasteiger partial charge >= 0.3 is 0 Å². The average Bonchev–Trinajstić information content (AvgIpc) is 2.33. The Balaban J connectivity index is 0. The van der Waals surface area contributed by atoms with Gasteiger partial charge in [0.2, 0.25) is 0 Å². The van der Waals surface area contributed by atoms with E-state index in [0.717, 1.165) is 43.8 Å². The summed E-state index contributed by atoms with van der Waals surface area (Å²) >= 11 is 0. The van der Waals surface area contributed by atoms with Crippen molar-refractivity contribution in [3.8, 4) is 0 Å². The van der Waals surface area contributed by atoms with E-state index >= 15 is 0 Å². The van der Waals surface area contributed by atoms with E-state index in [1.807, 2.05) is 0 Å². The Kier molecular flexibility index (Phi) is 11.2. The molecule has 0 heterocycles. The van der Waals surface area contributed by atoms with E-state index < -0.39 is 0 Å². The number of rotatable bonds is 6. The molecule has 0 aromatic rings. The second kappa shape index (κ2) is 9.89. The van der Waals surface area contributed by atoms with Gasteiger partial charge in [0.25, 0.3) is 5.96 Å². The van der Waals surface area contributed by atoms with Crippen molar-refractivity contribution in [1.29, 1.82) is 0 Å². The van der Waals surface area contributed by atoms with Crippen molar-refractivity contribution in [2.24, 2.45) is 4.99 Å². The second-order valence-electron chi connectivity index (χ2n) is 4.04. The first-order chi connectivity index (χ1) is 7.65. The fourth-order valence-corrected chi connectivity index (χ4v) is 2.29. The van der Waals surface area contributed by atoms with Crippen molar-refractivity contribution in [1.82, 2.24) is 4.90 Å². The van der Waals surface area contributed by atoms with Gasteiger partial charge in [0.05, 0.1) is 19.6 Å². The third-order valence-electron chi connectivity index (χ3n) is 3.59. The van der Waals surface area contributed by atoms with Crippen molar-refractivity contribution in [2.45, 2.75) is 41.5 Å². The first kappa shape index (κ1) is 19.3. The fraction of sp³-hybridized carbons (Fsp3) is 0.923. The molecule has 0 saturated carbocycles. The molecule has 0 rings (SSSR count). The van der Waals surface area contributed by atoms with E-state index in [2.05, 4.69) is 46.4 Å². The molecule has 0 aromatic carbocycles. The summed E-state index contributed by atoms with van der Waals surface area (Å²) in [6, 6.07) is 0. The van der Waals surface area contributed by atoms with Gasteiger partial charge in [-0.2, -0.15) is 0 Å². The van der Waals surface area contributed by atoms with Crippen LogP contribution in [0.2, 0.25) is 0 Å². The molecule has 0 bridgehead atoms. The molecule has 0 unspecified atom stereocenters. The van der Waals surface area contributed by atoms with Gasteiger partial charge < -0.3 is 21.9 Å². The summed E-state index contributed by atoms with van der Waals surface area (Å²) in [5.74, 6) is 1.28. The lowest BCUT2D eigenvalue weighted by molar-refractivity contribution is -0.841. The number of hydrogen-bond acceptors (Lipinski definition) is 1. The number of aliphatic imine (C=N–C) groups is 1. The van der Waals surface area contributed by atoms with E-state index in [0.29, 0.717) is 0 Å². The highest BCUT2D eigenvalue weighted by Gasteiger charge is 2.32. The molecule has 4 heteroatoms. The third-order valence-corrected chi connectivity index (χ3v) is 3.59. The summed E-state index contributed by atoms with van der Waals surface area (Å²) in [7, 11) is 0. The number of quaternary nitrogens is 1. The fourth-order valence-electron chi connectivity index (χ4n) is 2.29. The SMILES string of the molecule is CC/N=C(\N(CC)CC)[N+](CC)(CC)CC.[Br-]. The number of guanidine groups is 1. The maximum Gasteiger partial charge on any atom is 0.300 e. The summed E-state index contributed by atoms with van der Waals surface area (Å²) in [6.45, 7) is 19.7. The minimum Gasteiger partial charge on any atom is -1.00 e. The van der Waals surface area contributed by atoms with Crippen LogP contribution in [0.15, 0.2) is 4.99 Å². The van der Waals surface area contributed by atoms with Crippen LogP contribution >= 0.6 is 0 Å². The molecule has 0 radical (unpaired) electrons. The van der Waals surface area contributed by atoms with Crippen molar-refractivity contribution in [3.63, 3.8) is 0 Å². The molecular weight excluding hydrogens is 278 g/mol. The Bertz CT molecular complexity index is 200. The lowest BCUT2D eigenvalue weighted by Gasteiger charge is -2.39. The maximum atomic E-state index is 4.77. The smallest absolute Gasteiger partial charge is 0.300 e. The lowest BCUT2D eigenvalue weighted by atomic mass is 10.3. The summed E-state index contributed by atoms with van der Waals surface area (Å²) in [5.41, 5.74) is 0. The molecule has 0 fully saturated rings. The van der Waals surface area contributed by atoms with Gasteiger partial charge in [-0.15, -0.1) is 0 Å². The standard InChI is InChI=1S/C13H30N3.BrH/c1-7-14-13(15(8-2)9-3)16(10-4,11-5)12-6;/h7-12H2,1-6H3;1H/q+1;/p-1/b14-13+;. The monoisotopic (exact) mass is 307 g/mol. The van der Waals surface area contributed by atoms with Crippen molar-refractivity contribution >= 4 is 5.96 Å². The highest BCUT2D eigenvalue weighted by atomic mass is 79.9. The topological polar surface area (TPSA) is 15.6 Å². The predicted octanol–water partition coefficient (Wildman–Crippen LogP) is -0.415. The minimum absolute atomic E-state index is 0. The van der Waals surface area contributed by atoms with Crippen molar-refractivity contribution < 1.29 is 21.5 Å². The first-order valence-corrected chi connectivity index (χ1v) is 6.81. The summed E-state index contributed by atoms with van der Waals surface area (Å²) in [4.78, 5) is 7.17. The second-order valence-corrected chi connectivity index (χ2v) is 4.04. The highest BCUT2D eigenvalue weighted by molar-refractivity contribution is 5.73. The van der Waals surface area contributed by atoms with E-state index in [-0.39, 0.29) is 17.0 Å². The Morgan fingerprint density at radius 2 is 1.29 bits per heavy atom. The highest BCUT2D eigenvalue weighted by Crippen LogP contribution is 2.12. The molecule has 0 aliphatic heterocycles. The van der Waals surface area contributed by atoms with Crippen LogP contribution in [0.25, 0.3) is 0 Å². The normalized spacial score (nSPS) is 12.2. The molecule has 0 amide bonds. The van der Waals surface area contributed by atoms with Gasteiger partial charge in [0.1, 0.15) is 0 Å². The van der Waals surface area contributed by atoms with Gasteiger partial charge in [-0.1, -0.05) is 0 Å². The van der Waals surface area contributed by atoms with E-state index in [1.165, 1.54) is 5.96 Å². The Labute approximate surface area is 118 Å². The molecule has 3 nitrogen and oxygen atoms in total. The first-order valence-electron chi connectivity index (χ1n) is 6.81. The van der Waals surface area contributed by atoms with Crippen LogP contribution in [0.3, 0.4) is 0 Å². The van der Waals surface area contributed by atoms with Gasteiger partial charge in [-0.05, 0) is 41.5 Å². The maximum absolute atomic E-state index is 4.77. The van der Waals surface area contributed by atoms with Crippen LogP contribution in [0.1, 0.15) is 41.5 Å². The number of nitrogens with zero attached hydrogens (tertiary/aromatic N) is 3.